The molecule has 7 heteroatoms. The Bertz CT molecular complexity index is 1130. The highest BCUT2D eigenvalue weighted by Crippen LogP contribution is 2.23. The number of aryl methyl sites for hydroxylation is 2. The fraction of sp³-hybridized carbons (Fsp3) is 0.346. The van der Waals surface area contributed by atoms with Crippen LogP contribution in [-0.4, -0.2) is 34.8 Å². The monoisotopic (exact) mass is 465 g/mol. The normalized spacial score (nSPS) is 14.3. The third-order valence-corrected chi connectivity index (χ3v) is 6.92. The molecule has 0 saturated carbocycles. The molecule has 1 aliphatic rings. The molecule has 4 rings (SSSR count). The Kier molecular flexibility index (Phi) is 7.18. The number of carbonyl (C=O) groups excluding carboxylic acids is 2. The largest absolute Gasteiger partial charge is 0.352 e. The van der Waals surface area contributed by atoms with Gasteiger partial charge in [0, 0.05) is 36.5 Å². The van der Waals surface area contributed by atoms with E-state index in [2.05, 4.69) is 10.3 Å². The van der Waals surface area contributed by atoms with Gasteiger partial charge in [0.15, 0.2) is 0 Å². The molecule has 0 radical (unpaired) electrons. The summed E-state index contributed by atoms with van der Waals surface area (Å²) in [4.78, 5) is 31.6. The minimum Gasteiger partial charge on any atom is -0.352 e. The zero-order chi connectivity index (χ0) is 23.4. The van der Waals surface area contributed by atoms with E-state index in [1.54, 1.807) is 24.3 Å². The smallest absolute Gasteiger partial charge is 0.226 e. The van der Waals surface area contributed by atoms with Crippen molar-refractivity contribution >= 4 is 23.2 Å². The first kappa shape index (κ1) is 23.1. The number of piperidine rings is 1. The molecule has 5 nitrogen and oxygen atoms in total. The molecule has 1 aromatic heterocycles. The standard InChI is InChI=1S/C26H28FN3O2S/c1-17-3-4-20(13-23(17)27)15-28-26(32)22-9-11-30(12-10-22)25(31)14-19-5-7-21(8-6-19)24-16-33-18(2)29-24/h3-8,13,16,22H,9-12,14-15H2,1-2H3,(H,28,32). The molecule has 0 aliphatic carbocycles. The molecule has 2 heterocycles. The summed E-state index contributed by atoms with van der Waals surface area (Å²) in [7, 11) is 0. The van der Waals surface area contributed by atoms with Gasteiger partial charge in [0.05, 0.1) is 17.1 Å². The Balaban J connectivity index is 1.23. The predicted molar refractivity (Wildman–Crippen MR) is 128 cm³/mol. The van der Waals surface area contributed by atoms with E-state index in [4.69, 9.17) is 0 Å². The van der Waals surface area contributed by atoms with E-state index in [-0.39, 0.29) is 23.5 Å². The van der Waals surface area contributed by atoms with Crippen molar-refractivity contribution in [2.75, 3.05) is 13.1 Å². The number of rotatable bonds is 6. The first-order valence-corrected chi connectivity index (χ1v) is 12.1. The van der Waals surface area contributed by atoms with Crippen LogP contribution in [0, 0.1) is 25.6 Å². The van der Waals surface area contributed by atoms with Gasteiger partial charge in [-0.25, -0.2) is 9.37 Å². The summed E-state index contributed by atoms with van der Waals surface area (Å²) >= 11 is 1.62. The van der Waals surface area contributed by atoms with Gasteiger partial charge in [-0.2, -0.15) is 0 Å². The van der Waals surface area contributed by atoms with Crippen molar-refractivity contribution in [3.05, 3.63) is 75.4 Å². The number of hydrogen-bond donors (Lipinski definition) is 1. The SMILES string of the molecule is Cc1nc(-c2ccc(CC(=O)N3CCC(C(=O)NCc4ccc(C)c(F)c4)CC3)cc2)cs1. The molecule has 33 heavy (non-hydrogen) atoms. The van der Waals surface area contributed by atoms with E-state index in [1.165, 1.54) is 6.07 Å². The van der Waals surface area contributed by atoms with Gasteiger partial charge in [-0.3, -0.25) is 9.59 Å². The number of thiazole rings is 1. The summed E-state index contributed by atoms with van der Waals surface area (Å²) in [6, 6.07) is 13.0. The highest BCUT2D eigenvalue weighted by molar-refractivity contribution is 7.09. The van der Waals surface area contributed by atoms with Crippen LogP contribution in [-0.2, 0) is 22.6 Å². The molecule has 1 N–H and O–H groups in total. The predicted octanol–water partition coefficient (Wildman–Crippen LogP) is 4.66. The van der Waals surface area contributed by atoms with E-state index in [9.17, 15) is 14.0 Å². The topological polar surface area (TPSA) is 62.3 Å². The van der Waals surface area contributed by atoms with Crippen molar-refractivity contribution in [3.63, 3.8) is 0 Å². The average Bonchev–Trinajstić information content (AvgIpc) is 3.26. The van der Waals surface area contributed by atoms with Gasteiger partial charge in [-0.1, -0.05) is 36.4 Å². The number of likely N-dealkylation sites (tertiary alicyclic amines) is 1. The van der Waals surface area contributed by atoms with Crippen molar-refractivity contribution in [1.82, 2.24) is 15.2 Å². The van der Waals surface area contributed by atoms with Crippen LogP contribution in [0.5, 0.6) is 0 Å². The second kappa shape index (κ2) is 10.3. The molecule has 1 saturated heterocycles. The number of hydrogen-bond acceptors (Lipinski definition) is 4. The lowest BCUT2D eigenvalue weighted by molar-refractivity contribution is -0.135. The second-order valence-electron chi connectivity index (χ2n) is 8.58. The van der Waals surface area contributed by atoms with Crippen LogP contribution < -0.4 is 5.32 Å². The van der Waals surface area contributed by atoms with Crippen molar-refractivity contribution in [3.8, 4) is 11.3 Å². The Morgan fingerprint density at radius 2 is 1.79 bits per heavy atom. The number of benzene rings is 2. The summed E-state index contributed by atoms with van der Waals surface area (Å²) in [5.74, 6) is -0.330. The maximum absolute atomic E-state index is 13.7. The first-order chi connectivity index (χ1) is 15.9. The molecule has 3 aromatic rings. The zero-order valence-electron chi connectivity index (χ0n) is 18.9. The summed E-state index contributed by atoms with van der Waals surface area (Å²) in [5.41, 5.74) is 4.32. The van der Waals surface area contributed by atoms with Crippen LogP contribution >= 0.6 is 11.3 Å². The lowest BCUT2D eigenvalue weighted by atomic mass is 9.95. The highest BCUT2D eigenvalue weighted by atomic mass is 32.1. The minimum absolute atomic E-state index is 0.0315. The van der Waals surface area contributed by atoms with E-state index in [0.29, 0.717) is 44.5 Å². The summed E-state index contributed by atoms with van der Waals surface area (Å²) in [6.07, 6.45) is 1.64. The quantitative estimate of drug-likeness (QED) is 0.576. The van der Waals surface area contributed by atoms with Crippen LogP contribution in [0.3, 0.4) is 0 Å². The molecular formula is C26H28FN3O2S. The van der Waals surface area contributed by atoms with Gasteiger partial charge in [-0.05, 0) is 49.4 Å². The Morgan fingerprint density at radius 3 is 2.42 bits per heavy atom. The number of aromatic nitrogens is 1. The molecule has 0 unspecified atom stereocenters. The van der Waals surface area contributed by atoms with Gasteiger partial charge in [0.2, 0.25) is 11.8 Å². The molecule has 2 amide bonds. The number of nitrogens with one attached hydrogen (secondary N) is 1. The van der Waals surface area contributed by atoms with Crippen LogP contribution in [0.2, 0.25) is 0 Å². The van der Waals surface area contributed by atoms with Crippen LogP contribution in [0.4, 0.5) is 4.39 Å². The summed E-state index contributed by atoms with van der Waals surface area (Å²) < 4.78 is 13.7. The van der Waals surface area contributed by atoms with Crippen molar-refractivity contribution in [2.45, 2.75) is 39.7 Å². The van der Waals surface area contributed by atoms with E-state index < -0.39 is 0 Å². The van der Waals surface area contributed by atoms with Crippen molar-refractivity contribution < 1.29 is 14.0 Å². The van der Waals surface area contributed by atoms with E-state index in [0.717, 1.165) is 27.4 Å². The molecule has 1 fully saturated rings. The molecular weight excluding hydrogens is 437 g/mol. The fourth-order valence-electron chi connectivity index (χ4n) is 4.05. The second-order valence-corrected chi connectivity index (χ2v) is 9.64. The molecule has 172 valence electrons. The summed E-state index contributed by atoms with van der Waals surface area (Å²) in [5, 5.41) is 5.98. The fourth-order valence-corrected chi connectivity index (χ4v) is 4.67. The van der Waals surface area contributed by atoms with E-state index in [1.807, 2.05) is 47.5 Å². The van der Waals surface area contributed by atoms with Gasteiger partial charge >= 0.3 is 0 Å². The maximum Gasteiger partial charge on any atom is 0.226 e. The summed E-state index contributed by atoms with van der Waals surface area (Å²) in [6.45, 7) is 5.16. The van der Waals surface area contributed by atoms with Crippen LogP contribution in [0.15, 0.2) is 47.8 Å². The Hall–Kier alpha value is -3.06. The van der Waals surface area contributed by atoms with Crippen molar-refractivity contribution in [1.29, 1.82) is 0 Å². The van der Waals surface area contributed by atoms with Gasteiger partial charge in [0.25, 0.3) is 0 Å². The maximum atomic E-state index is 13.7. The van der Waals surface area contributed by atoms with Crippen LogP contribution in [0.1, 0.15) is 34.5 Å². The van der Waals surface area contributed by atoms with E-state index >= 15 is 0 Å². The number of halogens is 1. The minimum atomic E-state index is -0.263. The van der Waals surface area contributed by atoms with Crippen LogP contribution in [0.25, 0.3) is 11.3 Å². The third-order valence-electron chi connectivity index (χ3n) is 6.15. The number of carbonyl (C=O) groups is 2. The molecule has 0 bridgehead atoms. The van der Waals surface area contributed by atoms with Gasteiger partial charge < -0.3 is 10.2 Å². The molecule has 0 spiro atoms. The van der Waals surface area contributed by atoms with Gasteiger partial charge in [0.1, 0.15) is 5.82 Å². The van der Waals surface area contributed by atoms with Crippen molar-refractivity contribution in [2.24, 2.45) is 5.92 Å². The lowest BCUT2D eigenvalue weighted by Gasteiger charge is -2.31. The number of nitrogens with zero attached hydrogens (tertiary/aromatic N) is 2. The Morgan fingerprint density at radius 1 is 1.09 bits per heavy atom. The van der Waals surface area contributed by atoms with Gasteiger partial charge in [-0.15, -0.1) is 11.3 Å². The zero-order valence-corrected chi connectivity index (χ0v) is 19.8. The highest BCUT2D eigenvalue weighted by Gasteiger charge is 2.27. The number of amides is 2. The molecule has 1 aliphatic heterocycles. The Labute approximate surface area is 197 Å². The third kappa shape index (κ3) is 5.85. The first-order valence-electron chi connectivity index (χ1n) is 11.2. The molecule has 2 aromatic carbocycles. The molecule has 0 atom stereocenters. The lowest BCUT2D eigenvalue weighted by Crippen LogP contribution is -2.43. The average molecular weight is 466 g/mol.